The van der Waals surface area contributed by atoms with Crippen LogP contribution in [-0.2, 0) is 9.59 Å². The van der Waals surface area contributed by atoms with Gasteiger partial charge in [0.1, 0.15) is 0 Å². The van der Waals surface area contributed by atoms with Gasteiger partial charge in [0.2, 0.25) is 11.8 Å². The highest BCUT2D eigenvalue weighted by Crippen LogP contribution is 2.33. The summed E-state index contributed by atoms with van der Waals surface area (Å²) in [6, 6.07) is 17.8. The number of halogens is 1. The van der Waals surface area contributed by atoms with E-state index in [-0.39, 0.29) is 17.7 Å². The zero-order valence-electron chi connectivity index (χ0n) is 15.6. The third-order valence-electron chi connectivity index (χ3n) is 5.16. The van der Waals surface area contributed by atoms with E-state index in [0.29, 0.717) is 37.6 Å². The standard InChI is InChI=1S/C22H25ClN2O2/c1-17(26)24-12-7-13-25(15-14-24)22(27)16-20(18-8-3-2-4-9-18)19-10-5-6-11-21(19)23/h2-6,8-11,20H,7,12-16H2,1H3/t20-/m0/s1. The average Bonchev–Trinajstić information content (AvgIpc) is 2.94. The molecule has 0 spiro atoms. The lowest BCUT2D eigenvalue weighted by atomic mass is 9.88. The van der Waals surface area contributed by atoms with Crippen LogP contribution in [0, 0.1) is 0 Å². The molecule has 1 atom stereocenters. The zero-order valence-corrected chi connectivity index (χ0v) is 16.4. The fourth-order valence-electron chi connectivity index (χ4n) is 3.64. The van der Waals surface area contributed by atoms with E-state index in [1.54, 1.807) is 6.92 Å². The van der Waals surface area contributed by atoms with Gasteiger partial charge >= 0.3 is 0 Å². The molecule has 1 aliphatic heterocycles. The van der Waals surface area contributed by atoms with Crippen LogP contribution in [0.3, 0.4) is 0 Å². The van der Waals surface area contributed by atoms with Gasteiger partial charge in [-0.2, -0.15) is 0 Å². The van der Waals surface area contributed by atoms with Crippen molar-refractivity contribution in [3.8, 4) is 0 Å². The molecule has 1 fully saturated rings. The van der Waals surface area contributed by atoms with E-state index in [4.69, 9.17) is 11.6 Å². The lowest BCUT2D eigenvalue weighted by molar-refractivity contribution is -0.132. The molecule has 2 aromatic carbocycles. The molecule has 0 radical (unpaired) electrons. The van der Waals surface area contributed by atoms with Crippen molar-refractivity contribution in [1.29, 1.82) is 0 Å². The summed E-state index contributed by atoms with van der Waals surface area (Å²) in [5.41, 5.74) is 2.05. The van der Waals surface area contributed by atoms with Crippen LogP contribution in [0.2, 0.25) is 5.02 Å². The highest BCUT2D eigenvalue weighted by Gasteiger charge is 2.25. The Bertz CT molecular complexity index is 794. The minimum Gasteiger partial charge on any atom is -0.341 e. The van der Waals surface area contributed by atoms with Crippen LogP contribution >= 0.6 is 11.6 Å². The van der Waals surface area contributed by atoms with Crippen LogP contribution in [0.15, 0.2) is 54.6 Å². The van der Waals surface area contributed by atoms with Crippen LogP contribution in [0.1, 0.15) is 36.8 Å². The number of nitrogens with zero attached hydrogens (tertiary/aromatic N) is 2. The summed E-state index contributed by atoms with van der Waals surface area (Å²) in [4.78, 5) is 28.4. The van der Waals surface area contributed by atoms with Crippen molar-refractivity contribution in [3.63, 3.8) is 0 Å². The van der Waals surface area contributed by atoms with Crippen molar-refractivity contribution in [2.75, 3.05) is 26.2 Å². The maximum Gasteiger partial charge on any atom is 0.223 e. The molecule has 1 heterocycles. The van der Waals surface area contributed by atoms with Crippen LogP contribution in [0.5, 0.6) is 0 Å². The maximum atomic E-state index is 13.1. The second kappa shape index (κ2) is 9.05. The quantitative estimate of drug-likeness (QED) is 0.801. The molecule has 0 N–H and O–H groups in total. The normalized spacial score (nSPS) is 15.9. The van der Waals surface area contributed by atoms with Gasteiger partial charge in [-0.05, 0) is 23.6 Å². The van der Waals surface area contributed by atoms with Crippen LogP contribution in [-0.4, -0.2) is 47.8 Å². The van der Waals surface area contributed by atoms with E-state index in [1.807, 2.05) is 64.4 Å². The number of hydrogen-bond donors (Lipinski definition) is 0. The van der Waals surface area contributed by atoms with Crippen molar-refractivity contribution in [2.45, 2.75) is 25.7 Å². The SMILES string of the molecule is CC(=O)N1CCCN(C(=O)C[C@@H](c2ccccc2)c2ccccc2Cl)CC1. The molecule has 1 saturated heterocycles. The summed E-state index contributed by atoms with van der Waals surface area (Å²) >= 11 is 6.45. The van der Waals surface area contributed by atoms with Gasteiger partial charge in [-0.25, -0.2) is 0 Å². The Morgan fingerprint density at radius 1 is 0.926 bits per heavy atom. The lowest BCUT2D eigenvalue weighted by Crippen LogP contribution is -2.37. The predicted molar refractivity (Wildman–Crippen MR) is 108 cm³/mol. The average molecular weight is 385 g/mol. The molecule has 27 heavy (non-hydrogen) atoms. The van der Waals surface area contributed by atoms with Gasteiger partial charge < -0.3 is 9.80 Å². The van der Waals surface area contributed by atoms with Gasteiger partial charge in [-0.1, -0.05) is 60.1 Å². The Morgan fingerprint density at radius 2 is 1.56 bits per heavy atom. The summed E-state index contributed by atoms with van der Waals surface area (Å²) in [7, 11) is 0. The van der Waals surface area contributed by atoms with Crippen molar-refractivity contribution in [2.24, 2.45) is 0 Å². The van der Waals surface area contributed by atoms with Gasteiger partial charge in [-0.15, -0.1) is 0 Å². The van der Waals surface area contributed by atoms with E-state index < -0.39 is 0 Å². The molecule has 2 amide bonds. The van der Waals surface area contributed by atoms with E-state index >= 15 is 0 Å². The summed E-state index contributed by atoms with van der Waals surface area (Å²) in [6.07, 6.45) is 1.18. The zero-order chi connectivity index (χ0) is 19.2. The molecule has 0 aromatic heterocycles. The third kappa shape index (κ3) is 4.89. The number of rotatable bonds is 4. The minimum atomic E-state index is -0.0837. The predicted octanol–water partition coefficient (Wildman–Crippen LogP) is 3.94. The summed E-state index contributed by atoms with van der Waals surface area (Å²) in [6.45, 7) is 4.17. The molecule has 1 aliphatic rings. The smallest absolute Gasteiger partial charge is 0.223 e. The van der Waals surface area contributed by atoms with E-state index in [0.717, 1.165) is 17.5 Å². The molecule has 0 unspecified atom stereocenters. The highest BCUT2D eigenvalue weighted by molar-refractivity contribution is 6.31. The first-order valence-corrected chi connectivity index (χ1v) is 9.76. The number of hydrogen-bond acceptors (Lipinski definition) is 2. The second-order valence-corrected chi connectivity index (χ2v) is 7.34. The Kier molecular flexibility index (Phi) is 6.51. The van der Waals surface area contributed by atoms with Gasteiger partial charge in [0, 0.05) is 50.5 Å². The van der Waals surface area contributed by atoms with E-state index in [9.17, 15) is 9.59 Å². The monoisotopic (exact) mass is 384 g/mol. The number of carbonyl (C=O) groups is 2. The fraction of sp³-hybridized carbons (Fsp3) is 0.364. The molecule has 3 rings (SSSR count). The van der Waals surface area contributed by atoms with Gasteiger partial charge in [0.15, 0.2) is 0 Å². The summed E-state index contributed by atoms with van der Waals surface area (Å²) in [5, 5.41) is 0.678. The molecule has 4 nitrogen and oxygen atoms in total. The van der Waals surface area contributed by atoms with Gasteiger partial charge in [-0.3, -0.25) is 9.59 Å². The third-order valence-corrected chi connectivity index (χ3v) is 5.50. The number of amides is 2. The number of carbonyl (C=O) groups excluding carboxylic acids is 2. The largest absolute Gasteiger partial charge is 0.341 e. The first-order chi connectivity index (χ1) is 13.1. The van der Waals surface area contributed by atoms with Gasteiger partial charge in [0.05, 0.1) is 0 Å². The van der Waals surface area contributed by atoms with Crippen LogP contribution < -0.4 is 0 Å². The number of benzene rings is 2. The minimum absolute atomic E-state index is 0.0718. The van der Waals surface area contributed by atoms with Crippen LogP contribution in [0.25, 0.3) is 0 Å². The topological polar surface area (TPSA) is 40.6 Å². The molecule has 5 heteroatoms. The highest BCUT2D eigenvalue weighted by atomic mass is 35.5. The molecular formula is C22H25ClN2O2. The van der Waals surface area contributed by atoms with Crippen LogP contribution in [0.4, 0.5) is 0 Å². The summed E-state index contributed by atoms with van der Waals surface area (Å²) in [5.74, 6) is 0.0938. The molecular weight excluding hydrogens is 360 g/mol. The second-order valence-electron chi connectivity index (χ2n) is 6.93. The van der Waals surface area contributed by atoms with Crippen molar-refractivity contribution in [3.05, 3.63) is 70.7 Å². The molecule has 0 bridgehead atoms. The fourth-order valence-corrected chi connectivity index (χ4v) is 3.90. The Morgan fingerprint density at radius 3 is 2.26 bits per heavy atom. The first-order valence-electron chi connectivity index (χ1n) is 9.39. The van der Waals surface area contributed by atoms with Crippen molar-refractivity contribution >= 4 is 23.4 Å². The van der Waals surface area contributed by atoms with E-state index in [2.05, 4.69) is 0 Å². The Balaban J connectivity index is 1.79. The first kappa shape index (κ1) is 19.4. The lowest BCUT2D eigenvalue weighted by Gasteiger charge is -2.25. The van der Waals surface area contributed by atoms with E-state index in [1.165, 1.54) is 0 Å². The van der Waals surface area contributed by atoms with Crippen molar-refractivity contribution in [1.82, 2.24) is 9.80 Å². The van der Waals surface area contributed by atoms with Gasteiger partial charge in [0.25, 0.3) is 0 Å². The maximum absolute atomic E-state index is 13.1. The Labute approximate surface area is 165 Å². The summed E-state index contributed by atoms with van der Waals surface area (Å²) < 4.78 is 0. The molecule has 0 aliphatic carbocycles. The molecule has 2 aromatic rings. The van der Waals surface area contributed by atoms with Crippen molar-refractivity contribution < 1.29 is 9.59 Å². The Hall–Kier alpha value is -2.33. The molecule has 142 valence electrons. The molecule has 0 saturated carbocycles.